The van der Waals surface area contributed by atoms with E-state index in [0.29, 0.717) is 31.2 Å². The zero-order valence-corrected chi connectivity index (χ0v) is 15.2. The van der Waals surface area contributed by atoms with Gasteiger partial charge in [0.25, 0.3) is 0 Å². The predicted octanol–water partition coefficient (Wildman–Crippen LogP) is 1.32. The van der Waals surface area contributed by atoms with Crippen LogP contribution in [0, 0.1) is 0 Å². The molecule has 0 aromatic heterocycles. The Labute approximate surface area is 144 Å². The molecule has 0 aliphatic carbocycles. The van der Waals surface area contributed by atoms with Crippen molar-refractivity contribution in [2.45, 2.75) is 30.4 Å². The van der Waals surface area contributed by atoms with Crippen LogP contribution in [0.3, 0.4) is 0 Å². The van der Waals surface area contributed by atoms with Crippen LogP contribution in [-0.4, -0.2) is 69.7 Å². The van der Waals surface area contributed by atoms with Gasteiger partial charge in [-0.25, -0.2) is 8.42 Å². The molecule has 2 saturated heterocycles. The van der Waals surface area contributed by atoms with E-state index in [2.05, 4.69) is 11.8 Å². The van der Waals surface area contributed by atoms with Gasteiger partial charge in [-0.3, -0.25) is 4.90 Å². The number of methoxy groups -OCH3 is 1. The summed E-state index contributed by atoms with van der Waals surface area (Å²) in [6.07, 6.45) is 0.992. The van der Waals surface area contributed by atoms with Gasteiger partial charge < -0.3 is 9.47 Å². The van der Waals surface area contributed by atoms with Gasteiger partial charge in [-0.2, -0.15) is 4.31 Å². The predicted molar refractivity (Wildman–Crippen MR) is 91.3 cm³/mol. The first kappa shape index (κ1) is 17.8. The molecule has 0 unspecified atom stereocenters. The van der Waals surface area contributed by atoms with Gasteiger partial charge in [0, 0.05) is 39.8 Å². The van der Waals surface area contributed by atoms with E-state index in [-0.39, 0.29) is 5.60 Å². The minimum Gasteiger partial charge on any atom is -0.379 e. The average Bonchev–Trinajstić information content (AvgIpc) is 2.59. The van der Waals surface area contributed by atoms with E-state index in [1.807, 2.05) is 12.1 Å². The second-order valence-corrected chi connectivity index (χ2v) is 8.49. The van der Waals surface area contributed by atoms with Crippen LogP contribution in [0.4, 0.5) is 0 Å². The van der Waals surface area contributed by atoms with Crippen molar-refractivity contribution in [3.05, 3.63) is 29.8 Å². The molecule has 0 N–H and O–H groups in total. The lowest BCUT2D eigenvalue weighted by Crippen LogP contribution is -2.61. The average molecular weight is 354 g/mol. The van der Waals surface area contributed by atoms with E-state index in [9.17, 15) is 8.42 Å². The van der Waals surface area contributed by atoms with E-state index < -0.39 is 10.0 Å². The molecule has 24 heavy (non-hydrogen) atoms. The Kier molecular flexibility index (Phi) is 5.27. The number of likely N-dealkylation sites (tertiary alicyclic amines) is 1. The molecule has 6 nitrogen and oxygen atoms in total. The van der Waals surface area contributed by atoms with Crippen molar-refractivity contribution in [3.63, 3.8) is 0 Å². The molecule has 0 bridgehead atoms. The fourth-order valence-corrected chi connectivity index (χ4v) is 4.85. The monoisotopic (exact) mass is 354 g/mol. The summed E-state index contributed by atoms with van der Waals surface area (Å²) in [5.74, 6) is 0. The highest BCUT2D eigenvalue weighted by Gasteiger charge is 2.41. The first-order chi connectivity index (χ1) is 11.5. The first-order valence-electron chi connectivity index (χ1n) is 8.43. The van der Waals surface area contributed by atoms with Gasteiger partial charge in [0.2, 0.25) is 10.0 Å². The van der Waals surface area contributed by atoms with E-state index in [0.717, 1.165) is 31.6 Å². The standard InChI is InChI=1S/C17H26N2O4S/c1-3-17(22-2)13-18(14-17)12-15-5-4-6-16(11-15)24(20,21)19-7-9-23-10-8-19/h4-6,11H,3,7-10,12-14H2,1-2H3. The fourth-order valence-electron chi connectivity index (χ4n) is 3.38. The molecule has 3 rings (SSSR count). The molecular formula is C17H26N2O4S. The third-order valence-corrected chi connectivity index (χ3v) is 6.91. The van der Waals surface area contributed by atoms with E-state index in [1.165, 1.54) is 4.31 Å². The quantitative estimate of drug-likeness (QED) is 0.771. The molecule has 0 spiro atoms. The molecule has 0 amide bonds. The Morgan fingerprint density at radius 2 is 1.96 bits per heavy atom. The van der Waals surface area contributed by atoms with Crippen molar-refractivity contribution < 1.29 is 17.9 Å². The lowest BCUT2D eigenvalue weighted by atomic mass is 9.90. The maximum Gasteiger partial charge on any atom is 0.243 e. The first-order valence-corrected chi connectivity index (χ1v) is 9.87. The van der Waals surface area contributed by atoms with Gasteiger partial charge >= 0.3 is 0 Å². The Balaban J connectivity index is 1.68. The number of ether oxygens (including phenoxy) is 2. The Bertz CT molecular complexity index is 659. The Hall–Kier alpha value is -0.990. The fraction of sp³-hybridized carbons (Fsp3) is 0.647. The molecule has 7 heteroatoms. The normalized spacial score (nSPS) is 22.2. The zero-order chi connectivity index (χ0) is 17.2. The van der Waals surface area contributed by atoms with Crippen molar-refractivity contribution in [2.24, 2.45) is 0 Å². The summed E-state index contributed by atoms with van der Waals surface area (Å²) in [4.78, 5) is 2.66. The molecule has 134 valence electrons. The molecule has 0 atom stereocenters. The topological polar surface area (TPSA) is 59.1 Å². The van der Waals surface area contributed by atoms with Gasteiger partial charge in [-0.15, -0.1) is 0 Å². The Morgan fingerprint density at radius 1 is 1.25 bits per heavy atom. The lowest BCUT2D eigenvalue weighted by Gasteiger charge is -2.49. The van der Waals surface area contributed by atoms with Crippen LogP contribution in [0.2, 0.25) is 0 Å². The molecule has 1 aromatic carbocycles. The van der Waals surface area contributed by atoms with E-state index in [4.69, 9.17) is 9.47 Å². The van der Waals surface area contributed by atoms with Crippen molar-refractivity contribution in [2.75, 3.05) is 46.5 Å². The summed E-state index contributed by atoms with van der Waals surface area (Å²) in [6.45, 7) is 6.43. The van der Waals surface area contributed by atoms with E-state index >= 15 is 0 Å². The minimum absolute atomic E-state index is 0.0303. The SMILES string of the molecule is CCC1(OC)CN(Cc2cccc(S(=O)(=O)N3CCOCC3)c2)C1. The molecule has 0 saturated carbocycles. The number of morpholine rings is 1. The summed E-state index contributed by atoms with van der Waals surface area (Å²) in [7, 11) is -1.67. The molecule has 2 fully saturated rings. The van der Waals surface area contributed by atoms with Crippen LogP contribution in [0.1, 0.15) is 18.9 Å². The van der Waals surface area contributed by atoms with Gasteiger partial charge in [0.05, 0.1) is 23.7 Å². The molecule has 2 aliphatic heterocycles. The van der Waals surface area contributed by atoms with E-state index in [1.54, 1.807) is 19.2 Å². The summed E-state index contributed by atoms with van der Waals surface area (Å²) in [5, 5.41) is 0. The summed E-state index contributed by atoms with van der Waals surface area (Å²) >= 11 is 0. The minimum atomic E-state index is -3.43. The third-order valence-electron chi connectivity index (χ3n) is 5.01. The van der Waals surface area contributed by atoms with Crippen molar-refractivity contribution in [3.8, 4) is 0 Å². The zero-order valence-electron chi connectivity index (χ0n) is 14.4. The number of hydrogen-bond donors (Lipinski definition) is 0. The van der Waals surface area contributed by atoms with Gasteiger partial charge in [0.15, 0.2) is 0 Å². The lowest BCUT2D eigenvalue weighted by molar-refractivity contribution is -0.129. The van der Waals surface area contributed by atoms with Crippen molar-refractivity contribution in [1.29, 1.82) is 0 Å². The van der Waals surface area contributed by atoms with Gasteiger partial charge in [0.1, 0.15) is 0 Å². The molecule has 2 heterocycles. The van der Waals surface area contributed by atoms with Crippen LogP contribution in [0.5, 0.6) is 0 Å². The summed E-state index contributed by atoms with van der Waals surface area (Å²) < 4.78 is 37.8. The Morgan fingerprint density at radius 3 is 2.58 bits per heavy atom. The van der Waals surface area contributed by atoms with Crippen molar-refractivity contribution in [1.82, 2.24) is 9.21 Å². The van der Waals surface area contributed by atoms with Gasteiger partial charge in [-0.05, 0) is 24.1 Å². The second kappa shape index (κ2) is 7.09. The summed E-state index contributed by atoms with van der Waals surface area (Å²) in [5.41, 5.74) is 0.988. The van der Waals surface area contributed by atoms with Crippen LogP contribution >= 0.6 is 0 Å². The molecule has 2 aliphatic rings. The van der Waals surface area contributed by atoms with Crippen LogP contribution in [0.25, 0.3) is 0 Å². The van der Waals surface area contributed by atoms with Gasteiger partial charge in [-0.1, -0.05) is 19.1 Å². The van der Waals surface area contributed by atoms with Crippen molar-refractivity contribution >= 4 is 10.0 Å². The molecule has 1 aromatic rings. The number of benzene rings is 1. The number of hydrogen-bond acceptors (Lipinski definition) is 5. The smallest absolute Gasteiger partial charge is 0.243 e. The maximum absolute atomic E-state index is 12.7. The number of rotatable bonds is 6. The van der Waals surface area contributed by atoms with Crippen LogP contribution < -0.4 is 0 Å². The second-order valence-electron chi connectivity index (χ2n) is 6.55. The number of nitrogens with zero attached hydrogens (tertiary/aromatic N) is 2. The highest BCUT2D eigenvalue weighted by molar-refractivity contribution is 7.89. The summed E-state index contributed by atoms with van der Waals surface area (Å²) in [6, 6.07) is 7.28. The largest absolute Gasteiger partial charge is 0.379 e. The molecular weight excluding hydrogens is 328 g/mol. The number of sulfonamides is 1. The maximum atomic E-state index is 12.7. The highest BCUT2D eigenvalue weighted by Crippen LogP contribution is 2.29. The highest BCUT2D eigenvalue weighted by atomic mass is 32.2. The van der Waals surface area contributed by atoms with Crippen LogP contribution in [-0.2, 0) is 26.0 Å². The molecule has 0 radical (unpaired) electrons. The van der Waals surface area contributed by atoms with Crippen LogP contribution in [0.15, 0.2) is 29.2 Å². The third kappa shape index (κ3) is 3.50.